The Labute approximate surface area is 91.3 Å². The summed E-state index contributed by atoms with van der Waals surface area (Å²) in [6, 6.07) is 2.98. The molecule has 4 nitrogen and oxygen atoms in total. The van der Waals surface area contributed by atoms with Gasteiger partial charge in [-0.3, -0.25) is 4.79 Å². The van der Waals surface area contributed by atoms with Gasteiger partial charge in [0, 0.05) is 12.1 Å². The van der Waals surface area contributed by atoms with E-state index in [4.69, 9.17) is 5.90 Å². The number of nitrogens with two attached hydrogens (primary N) is 1. The first kappa shape index (κ1) is 12.5. The lowest BCUT2D eigenvalue weighted by atomic mass is 10.2. The summed E-state index contributed by atoms with van der Waals surface area (Å²) < 4.78 is 25.4. The smallest absolute Gasteiger partial charge is 0.251 e. The molecule has 0 atom stereocenters. The summed E-state index contributed by atoms with van der Waals surface area (Å²) in [4.78, 5) is 15.7. The standard InChI is InChI=1S/C10H12F2N2O2/c11-8-3-2-7(6-9(8)12)10(15)14-4-1-5-16-13/h2-3,6H,1,4-5,13H2,(H,14,15). The molecule has 1 aromatic rings. The molecule has 0 aliphatic carbocycles. The third kappa shape index (κ3) is 3.56. The molecule has 0 saturated carbocycles. The molecule has 1 aromatic carbocycles. The van der Waals surface area contributed by atoms with E-state index in [-0.39, 0.29) is 5.56 Å². The van der Waals surface area contributed by atoms with E-state index < -0.39 is 17.5 Å². The Hall–Kier alpha value is -1.53. The molecular weight excluding hydrogens is 218 g/mol. The summed E-state index contributed by atoms with van der Waals surface area (Å²) in [6.45, 7) is 0.674. The molecule has 16 heavy (non-hydrogen) atoms. The fourth-order valence-corrected chi connectivity index (χ4v) is 1.10. The van der Waals surface area contributed by atoms with Crippen LogP contribution in [0, 0.1) is 11.6 Å². The number of nitrogens with one attached hydrogen (secondary N) is 1. The summed E-state index contributed by atoms with van der Waals surface area (Å²) >= 11 is 0. The second-order valence-electron chi connectivity index (χ2n) is 3.11. The van der Waals surface area contributed by atoms with E-state index in [0.717, 1.165) is 12.1 Å². The number of amides is 1. The second kappa shape index (κ2) is 6.14. The number of hydrogen-bond donors (Lipinski definition) is 2. The molecule has 0 aliphatic heterocycles. The van der Waals surface area contributed by atoms with Gasteiger partial charge in [-0.15, -0.1) is 0 Å². The van der Waals surface area contributed by atoms with Gasteiger partial charge in [0.25, 0.3) is 5.91 Å². The van der Waals surface area contributed by atoms with Gasteiger partial charge in [-0.1, -0.05) is 0 Å². The molecule has 0 aromatic heterocycles. The van der Waals surface area contributed by atoms with Gasteiger partial charge >= 0.3 is 0 Å². The number of halogens is 2. The molecule has 0 unspecified atom stereocenters. The number of rotatable bonds is 5. The lowest BCUT2D eigenvalue weighted by Gasteiger charge is -2.04. The van der Waals surface area contributed by atoms with Gasteiger partial charge in [-0.25, -0.2) is 14.7 Å². The lowest BCUT2D eigenvalue weighted by Crippen LogP contribution is -2.25. The van der Waals surface area contributed by atoms with Crippen LogP contribution < -0.4 is 11.2 Å². The highest BCUT2D eigenvalue weighted by Gasteiger charge is 2.08. The molecule has 0 saturated heterocycles. The maximum absolute atomic E-state index is 12.8. The molecule has 3 N–H and O–H groups in total. The summed E-state index contributed by atoms with van der Waals surface area (Å²) in [6.07, 6.45) is 0.548. The van der Waals surface area contributed by atoms with Gasteiger partial charge in [0.05, 0.1) is 6.61 Å². The maximum atomic E-state index is 12.8. The van der Waals surface area contributed by atoms with Gasteiger partial charge in [0.1, 0.15) is 0 Å². The lowest BCUT2D eigenvalue weighted by molar-refractivity contribution is 0.0941. The average molecular weight is 230 g/mol. The normalized spacial score (nSPS) is 10.2. The van der Waals surface area contributed by atoms with Crippen LogP contribution in [0.25, 0.3) is 0 Å². The zero-order chi connectivity index (χ0) is 12.0. The van der Waals surface area contributed by atoms with Crippen LogP contribution in [0.3, 0.4) is 0 Å². The van der Waals surface area contributed by atoms with Crippen molar-refractivity contribution in [3.05, 3.63) is 35.4 Å². The van der Waals surface area contributed by atoms with E-state index in [1.54, 1.807) is 0 Å². The Bertz CT molecular complexity index is 372. The van der Waals surface area contributed by atoms with Crippen LogP contribution in [0.15, 0.2) is 18.2 Å². The van der Waals surface area contributed by atoms with Crippen LogP contribution in [-0.2, 0) is 4.84 Å². The van der Waals surface area contributed by atoms with Gasteiger partial charge in [0.2, 0.25) is 0 Å². The van der Waals surface area contributed by atoms with Crippen LogP contribution in [-0.4, -0.2) is 19.1 Å². The molecule has 0 aliphatic rings. The van der Waals surface area contributed by atoms with Crippen molar-refractivity contribution in [3.8, 4) is 0 Å². The highest BCUT2D eigenvalue weighted by atomic mass is 19.2. The summed E-state index contributed by atoms with van der Waals surface area (Å²) in [5.74, 6) is 2.30. The molecule has 88 valence electrons. The van der Waals surface area contributed by atoms with E-state index in [1.807, 2.05) is 0 Å². The van der Waals surface area contributed by atoms with E-state index in [2.05, 4.69) is 10.2 Å². The zero-order valence-corrected chi connectivity index (χ0v) is 8.50. The van der Waals surface area contributed by atoms with Crippen LogP contribution in [0.5, 0.6) is 0 Å². The van der Waals surface area contributed by atoms with Gasteiger partial charge < -0.3 is 10.2 Å². The van der Waals surface area contributed by atoms with E-state index >= 15 is 0 Å². The van der Waals surface area contributed by atoms with Crippen LogP contribution in [0.1, 0.15) is 16.8 Å². The Balaban J connectivity index is 2.50. The van der Waals surface area contributed by atoms with Crippen LogP contribution >= 0.6 is 0 Å². The summed E-state index contributed by atoms with van der Waals surface area (Å²) in [5, 5.41) is 2.52. The first-order chi connectivity index (χ1) is 7.65. The number of benzene rings is 1. The van der Waals surface area contributed by atoms with Crippen molar-refractivity contribution < 1.29 is 18.4 Å². The molecule has 0 bridgehead atoms. The molecule has 0 heterocycles. The fourth-order valence-electron chi connectivity index (χ4n) is 1.10. The molecule has 1 rings (SSSR count). The summed E-state index contributed by atoms with van der Waals surface area (Å²) in [5.41, 5.74) is 0.0765. The largest absolute Gasteiger partial charge is 0.352 e. The Morgan fingerprint density at radius 1 is 1.38 bits per heavy atom. The number of carbonyl (C=O) groups is 1. The molecular formula is C10H12F2N2O2. The topological polar surface area (TPSA) is 64.3 Å². The van der Waals surface area contributed by atoms with Crippen LogP contribution in [0.2, 0.25) is 0 Å². The van der Waals surface area contributed by atoms with Crippen molar-refractivity contribution in [2.24, 2.45) is 5.90 Å². The monoisotopic (exact) mass is 230 g/mol. The molecule has 6 heteroatoms. The van der Waals surface area contributed by atoms with Crippen molar-refractivity contribution >= 4 is 5.91 Å². The molecule has 0 spiro atoms. The number of carbonyl (C=O) groups excluding carboxylic acids is 1. The Kier molecular flexibility index (Phi) is 4.81. The quantitative estimate of drug-likeness (QED) is 0.585. The minimum atomic E-state index is -1.04. The zero-order valence-electron chi connectivity index (χ0n) is 8.50. The molecule has 1 amide bonds. The maximum Gasteiger partial charge on any atom is 0.251 e. The van der Waals surface area contributed by atoms with E-state index in [0.29, 0.717) is 19.6 Å². The predicted octanol–water partition coefficient (Wildman–Crippen LogP) is 0.975. The fraction of sp³-hybridized carbons (Fsp3) is 0.300. The van der Waals surface area contributed by atoms with Crippen LogP contribution in [0.4, 0.5) is 8.78 Å². The highest BCUT2D eigenvalue weighted by Crippen LogP contribution is 2.08. The van der Waals surface area contributed by atoms with Gasteiger partial charge in [-0.2, -0.15) is 0 Å². The van der Waals surface area contributed by atoms with Crippen molar-refractivity contribution in [2.45, 2.75) is 6.42 Å². The third-order valence-electron chi connectivity index (χ3n) is 1.91. The summed E-state index contributed by atoms with van der Waals surface area (Å²) in [7, 11) is 0. The highest BCUT2D eigenvalue weighted by molar-refractivity contribution is 5.94. The molecule has 0 fully saturated rings. The van der Waals surface area contributed by atoms with Gasteiger partial charge in [-0.05, 0) is 24.6 Å². The SMILES string of the molecule is NOCCCNC(=O)c1ccc(F)c(F)c1. The van der Waals surface area contributed by atoms with E-state index in [1.165, 1.54) is 6.07 Å². The van der Waals surface area contributed by atoms with E-state index in [9.17, 15) is 13.6 Å². The van der Waals surface area contributed by atoms with Crippen molar-refractivity contribution in [1.29, 1.82) is 0 Å². The van der Waals surface area contributed by atoms with Crippen molar-refractivity contribution in [2.75, 3.05) is 13.2 Å². The third-order valence-corrected chi connectivity index (χ3v) is 1.91. The second-order valence-corrected chi connectivity index (χ2v) is 3.11. The minimum Gasteiger partial charge on any atom is -0.352 e. The van der Waals surface area contributed by atoms with Gasteiger partial charge in [0.15, 0.2) is 11.6 Å². The predicted molar refractivity (Wildman–Crippen MR) is 53.4 cm³/mol. The number of hydrogen-bond acceptors (Lipinski definition) is 3. The Morgan fingerprint density at radius 2 is 2.12 bits per heavy atom. The van der Waals surface area contributed by atoms with Crippen molar-refractivity contribution in [3.63, 3.8) is 0 Å². The minimum absolute atomic E-state index is 0.0765. The average Bonchev–Trinajstić information content (AvgIpc) is 2.28. The van der Waals surface area contributed by atoms with Crippen molar-refractivity contribution in [1.82, 2.24) is 5.32 Å². The first-order valence-corrected chi connectivity index (χ1v) is 4.70. The Morgan fingerprint density at radius 3 is 2.75 bits per heavy atom. The molecule has 0 radical (unpaired) electrons. The first-order valence-electron chi connectivity index (χ1n) is 4.70.